The van der Waals surface area contributed by atoms with Crippen LogP contribution in [0.4, 0.5) is 0 Å². The van der Waals surface area contributed by atoms with Gasteiger partial charge in [0, 0.05) is 0 Å². The zero-order valence-electron chi connectivity index (χ0n) is 3.27. The lowest BCUT2D eigenvalue weighted by Gasteiger charge is -1.87. The van der Waals surface area contributed by atoms with E-state index < -0.39 is 0 Å². The lowest BCUT2D eigenvalue weighted by molar-refractivity contribution is -0.117. The van der Waals surface area contributed by atoms with Crippen LogP contribution in [0.3, 0.4) is 0 Å². The van der Waals surface area contributed by atoms with Gasteiger partial charge in [0.1, 0.15) is 0 Å². The standard InChI is InChI=1S/C2H7N2OP/c3-1-2(5)4-6/h1,3,6H2,(H,4,5). The number of carbonyl (C=O) groups is 1. The fourth-order valence-corrected chi connectivity index (χ4v) is 0.177. The molecule has 1 atom stereocenters. The van der Waals surface area contributed by atoms with Gasteiger partial charge in [-0.25, -0.2) is 0 Å². The van der Waals surface area contributed by atoms with Crippen molar-refractivity contribution < 1.29 is 4.79 Å². The summed E-state index contributed by atoms with van der Waals surface area (Å²) in [5.41, 5.74) is 4.86. The molecule has 0 heterocycles. The highest BCUT2D eigenvalue weighted by Gasteiger charge is 1.84. The summed E-state index contributed by atoms with van der Waals surface area (Å²) in [5, 5.41) is 2.27. The first kappa shape index (κ1) is 5.86. The van der Waals surface area contributed by atoms with Gasteiger partial charge in [-0.1, -0.05) is 0 Å². The Morgan fingerprint density at radius 2 is 2.50 bits per heavy atom. The van der Waals surface area contributed by atoms with E-state index in [0.29, 0.717) is 0 Å². The minimum Gasteiger partial charge on any atom is -0.340 e. The van der Waals surface area contributed by atoms with Crippen LogP contribution in [-0.4, -0.2) is 12.5 Å². The second-order valence-corrected chi connectivity index (χ2v) is 1.06. The van der Waals surface area contributed by atoms with Gasteiger partial charge in [0.25, 0.3) is 0 Å². The molecule has 0 aliphatic rings. The molecule has 0 rings (SSSR count). The summed E-state index contributed by atoms with van der Waals surface area (Å²) in [5.74, 6) is -0.167. The summed E-state index contributed by atoms with van der Waals surface area (Å²) < 4.78 is 0. The zero-order valence-corrected chi connectivity index (χ0v) is 4.42. The Kier molecular flexibility index (Phi) is 2.99. The summed E-state index contributed by atoms with van der Waals surface area (Å²) in [7, 11) is 2.06. The molecule has 0 bridgehead atoms. The predicted molar refractivity (Wildman–Crippen MR) is 26.9 cm³/mol. The van der Waals surface area contributed by atoms with Crippen LogP contribution in [0, 0.1) is 0 Å². The topological polar surface area (TPSA) is 55.1 Å². The Bertz CT molecular complexity index is 49.5. The van der Waals surface area contributed by atoms with E-state index in [0.717, 1.165) is 0 Å². The number of nitrogens with one attached hydrogen (secondary N) is 1. The van der Waals surface area contributed by atoms with E-state index in [4.69, 9.17) is 5.73 Å². The molecule has 6 heavy (non-hydrogen) atoms. The molecule has 0 aliphatic heterocycles. The van der Waals surface area contributed by atoms with E-state index in [-0.39, 0.29) is 12.5 Å². The molecular formula is C2H7N2OP. The molecule has 4 heteroatoms. The number of hydrogen-bond acceptors (Lipinski definition) is 2. The smallest absolute Gasteiger partial charge is 0.236 e. The minimum atomic E-state index is -0.167. The van der Waals surface area contributed by atoms with Gasteiger partial charge in [-0.2, -0.15) is 0 Å². The van der Waals surface area contributed by atoms with E-state index in [2.05, 4.69) is 14.5 Å². The van der Waals surface area contributed by atoms with Crippen LogP contribution >= 0.6 is 9.39 Å². The lowest BCUT2D eigenvalue weighted by Crippen LogP contribution is -2.22. The maximum atomic E-state index is 9.92. The van der Waals surface area contributed by atoms with Crippen molar-refractivity contribution in [3.63, 3.8) is 0 Å². The maximum Gasteiger partial charge on any atom is 0.236 e. The van der Waals surface area contributed by atoms with Crippen molar-refractivity contribution in [2.24, 2.45) is 5.73 Å². The highest BCUT2D eigenvalue weighted by Crippen LogP contribution is 1.64. The second kappa shape index (κ2) is 3.07. The largest absolute Gasteiger partial charge is 0.340 e. The Labute approximate surface area is 38.5 Å². The molecule has 0 fully saturated rings. The summed E-state index contributed by atoms with van der Waals surface area (Å²) in [6, 6.07) is 0. The molecule has 1 amide bonds. The molecule has 0 aliphatic carbocycles. The highest BCUT2D eigenvalue weighted by molar-refractivity contribution is 7.15. The normalized spacial score (nSPS) is 7.67. The van der Waals surface area contributed by atoms with Crippen molar-refractivity contribution in [2.45, 2.75) is 0 Å². The Balaban J connectivity index is 2.99. The summed E-state index contributed by atoms with van der Waals surface area (Å²) in [6.45, 7) is 0.0590. The maximum absolute atomic E-state index is 9.92. The van der Waals surface area contributed by atoms with Crippen molar-refractivity contribution in [1.82, 2.24) is 5.09 Å². The fourth-order valence-electron chi connectivity index (χ4n) is 0.0589. The van der Waals surface area contributed by atoms with Crippen LogP contribution in [0.1, 0.15) is 0 Å². The van der Waals surface area contributed by atoms with Crippen molar-refractivity contribution in [1.29, 1.82) is 0 Å². The Morgan fingerprint density at radius 3 is 2.50 bits per heavy atom. The number of hydrogen-bond donors (Lipinski definition) is 2. The quantitative estimate of drug-likeness (QED) is 0.415. The van der Waals surface area contributed by atoms with Crippen LogP contribution in [0.2, 0.25) is 0 Å². The van der Waals surface area contributed by atoms with E-state index >= 15 is 0 Å². The van der Waals surface area contributed by atoms with Gasteiger partial charge in [0.15, 0.2) is 0 Å². The Morgan fingerprint density at radius 1 is 2.00 bits per heavy atom. The van der Waals surface area contributed by atoms with Crippen LogP contribution in [-0.2, 0) is 4.79 Å². The fraction of sp³-hybridized carbons (Fsp3) is 0.500. The monoisotopic (exact) mass is 106 g/mol. The first-order valence-corrected chi connectivity index (χ1v) is 2.08. The molecule has 0 aromatic carbocycles. The average molecular weight is 106 g/mol. The predicted octanol–water partition coefficient (Wildman–Crippen LogP) is -1.15. The average Bonchev–Trinajstić information content (AvgIpc) is 1.65. The van der Waals surface area contributed by atoms with Crippen LogP contribution in [0.15, 0.2) is 0 Å². The summed E-state index contributed by atoms with van der Waals surface area (Å²) in [4.78, 5) is 9.92. The third-order valence-corrected chi connectivity index (χ3v) is 0.668. The first-order valence-electron chi connectivity index (χ1n) is 1.50. The molecule has 0 aromatic rings. The van der Waals surface area contributed by atoms with Crippen molar-refractivity contribution in [2.75, 3.05) is 6.54 Å². The third kappa shape index (κ3) is 2.12. The molecule has 0 spiro atoms. The zero-order chi connectivity index (χ0) is 4.99. The number of rotatable bonds is 1. The summed E-state index contributed by atoms with van der Waals surface area (Å²) in [6.07, 6.45) is 0. The molecule has 3 nitrogen and oxygen atoms in total. The summed E-state index contributed by atoms with van der Waals surface area (Å²) >= 11 is 0. The molecule has 0 saturated heterocycles. The van der Waals surface area contributed by atoms with Gasteiger partial charge in [-0.15, -0.1) is 0 Å². The molecule has 0 radical (unpaired) electrons. The number of nitrogens with two attached hydrogens (primary N) is 1. The second-order valence-electron chi connectivity index (χ2n) is 0.772. The van der Waals surface area contributed by atoms with Crippen LogP contribution in [0.25, 0.3) is 0 Å². The van der Waals surface area contributed by atoms with Crippen molar-refractivity contribution in [3.05, 3.63) is 0 Å². The molecule has 3 N–H and O–H groups in total. The van der Waals surface area contributed by atoms with E-state index in [1.165, 1.54) is 0 Å². The van der Waals surface area contributed by atoms with Gasteiger partial charge in [-0.05, 0) is 9.39 Å². The molecule has 1 unspecified atom stereocenters. The van der Waals surface area contributed by atoms with Gasteiger partial charge < -0.3 is 10.8 Å². The van der Waals surface area contributed by atoms with Gasteiger partial charge >= 0.3 is 0 Å². The SMILES string of the molecule is NCC(=O)NP. The van der Waals surface area contributed by atoms with E-state index in [1.807, 2.05) is 0 Å². The minimum absolute atomic E-state index is 0.0590. The number of amides is 1. The molecule has 0 aromatic heterocycles. The highest BCUT2D eigenvalue weighted by atomic mass is 31.0. The van der Waals surface area contributed by atoms with Crippen molar-refractivity contribution in [3.8, 4) is 0 Å². The molecule has 36 valence electrons. The van der Waals surface area contributed by atoms with E-state index in [1.54, 1.807) is 0 Å². The molecule has 0 saturated carbocycles. The van der Waals surface area contributed by atoms with E-state index in [9.17, 15) is 4.79 Å². The van der Waals surface area contributed by atoms with Crippen LogP contribution < -0.4 is 10.8 Å². The van der Waals surface area contributed by atoms with Gasteiger partial charge in [-0.3, -0.25) is 4.79 Å². The lowest BCUT2D eigenvalue weighted by atomic mass is 10.7. The molecular weight excluding hydrogens is 99.0 g/mol. The van der Waals surface area contributed by atoms with Gasteiger partial charge in [0.05, 0.1) is 6.54 Å². The van der Waals surface area contributed by atoms with Crippen molar-refractivity contribution >= 4 is 15.3 Å². The first-order chi connectivity index (χ1) is 2.81. The Hall–Kier alpha value is -0.140. The van der Waals surface area contributed by atoms with Crippen LogP contribution in [0.5, 0.6) is 0 Å². The third-order valence-electron chi connectivity index (χ3n) is 0.346. The number of carbonyl (C=O) groups excluding carboxylic acids is 1. The van der Waals surface area contributed by atoms with Gasteiger partial charge in [0.2, 0.25) is 5.91 Å².